The molecule has 1 unspecified atom stereocenters. The molecule has 2 rings (SSSR count). The topological polar surface area (TPSA) is 63.7 Å². The van der Waals surface area contributed by atoms with Crippen LogP contribution in [0.1, 0.15) is 12.8 Å². The number of esters is 1. The third-order valence-corrected chi connectivity index (χ3v) is 5.40. The number of ether oxygens (including phenoxy) is 1. The summed E-state index contributed by atoms with van der Waals surface area (Å²) in [5.41, 5.74) is 0. The lowest BCUT2D eigenvalue weighted by Gasteiger charge is -2.29. The van der Waals surface area contributed by atoms with E-state index in [0.29, 0.717) is 24.4 Å². The van der Waals surface area contributed by atoms with Crippen molar-refractivity contribution in [2.75, 3.05) is 19.3 Å². The minimum Gasteiger partial charge on any atom is -0.423 e. The average Bonchev–Trinajstić information content (AvgIpc) is 2.41. The van der Waals surface area contributed by atoms with Gasteiger partial charge in [0.25, 0.3) is 0 Å². The Balaban J connectivity index is 2.13. The first-order valence-electron chi connectivity index (χ1n) is 6.50. The van der Waals surface area contributed by atoms with Crippen molar-refractivity contribution in [2.45, 2.75) is 12.8 Å². The van der Waals surface area contributed by atoms with Gasteiger partial charge in [-0.15, -0.1) is 0 Å². The Labute approximate surface area is 144 Å². The molecule has 0 spiro atoms. The van der Waals surface area contributed by atoms with E-state index in [4.69, 9.17) is 39.5 Å². The van der Waals surface area contributed by atoms with E-state index in [0.717, 1.165) is 6.26 Å². The highest BCUT2D eigenvalue weighted by Crippen LogP contribution is 2.36. The highest BCUT2D eigenvalue weighted by atomic mass is 35.5. The SMILES string of the molecule is CS(=O)(=O)N1CCCC(C(=O)Oc2c(Cl)cc(Cl)cc2Cl)C1. The van der Waals surface area contributed by atoms with Crippen molar-refractivity contribution < 1.29 is 17.9 Å². The van der Waals surface area contributed by atoms with Crippen molar-refractivity contribution >= 4 is 50.8 Å². The first-order valence-corrected chi connectivity index (χ1v) is 9.48. The van der Waals surface area contributed by atoms with Crippen LogP contribution in [0.15, 0.2) is 12.1 Å². The zero-order valence-electron chi connectivity index (χ0n) is 11.7. The normalized spacial score (nSPS) is 19.9. The Kier molecular flexibility index (Phi) is 5.61. The molecular weight excluding hydrogens is 373 g/mol. The molecule has 0 saturated carbocycles. The summed E-state index contributed by atoms with van der Waals surface area (Å²) in [5, 5.41) is 0.582. The Morgan fingerprint density at radius 2 is 1.86 bits per heavy atom. The number of sulfonamides is 1. The van der Waals surface area contributed by atoms with E-state index in [-0.39, 0.29) is 22.3 Å². The summed E-state index contributed by atoms with van der Waals surface area (Å²) >= 11 is 17.7. The number of nitrogens with zero attached hydrogens (tertiary/aromatic N) is 1. The van der Waals surface area contributed by atoms with Crippen LogP contribution in [0.4, 0.5) is 0 Å². The molecule has 1 aromatic rings. The Morgan fingerprint density at radius 1 is 1.27 bits per heavy atom. The van der Waals surface area contributed by atoms with Crippen LogP contribution < -0.4 is 4.74 Å². The molecule has 1 aliphatic rings. The van der Waals surface area contributed by atoms with Crippen molar-refractivity contribution in [3.8, 4) is 5.75 Å². The number of hydrogen-bond donors (Lipinski definition) is 0. The zero-order valence-corrected chi connectivity index (χ0v) is 14.8. The molecule has 1 heterocycles. The minimum atomic E-state index is -3.33. The largest absolute Gasteiger partial charge is 0.423 e. The first kappa shape index (κ1) is 17.8. The molecule has 1 fully saturated rings. The Bertz CT molecular complexity index is 670. The molecule has 0 aliphatic carbocycles. The molecular formula is C13H14Cl3NO4S. The van der Waals surface area contributed by atoms with Crippen LogP contribution in [0.3, 0.4) is 0 Å². The van der Waals surface area contributed by atoms with Crippen molar-refractivity contribution in [3.63, 3.8) is 0 Å². The summed E-state index contributed by atoms with van der Waals surface area (Å²) in [6.45, 7) is 0.506. The fraction of sp³-hybridized carbons (Fsp3) is 0.462. The van der Waals surface area contributed by atoms with Crippen molar-refractivity contribution in [1.82, 2.24) is 4.31 Å². The number of piperidine rings is 1. The predicted octanol–water partition coefficient (Wildman–Crippen LogP) is 3.22. The summed E-state index contributed by atoms with van der Waals surface area (Å²) in [6, 6.07) is 2.84. The second-order valence-electron chi connectivity index (χ2n) is 5.08. The van der Waals surface area contributed by atoms with Gasteiger partial charge in [0, 0.05) is 18.1 Å². The van der Waals surface area contributed by atoms with Crippen LogP contribution in [0.5, 0.6) is 5.75 Å². The third kappa shape index (κ3) is 4.26. The second kappa shape index (κ2) is 6.93. The molecule has 0 N–H and O–H groups in total. The molecule has 1 aliphatic heterocycles. The van der Waals surface area contributed by atoms with E-state index in [9.17, 15) is 13.2 Å². The molecule has 0 amide bonds. The van der Waals surface area contributed by atoms with Crippen LogP contribution in [-0.4, -0.2) is 38.0 Å². The number of carbonyl (C=O) groups is 1. The number of benzene rings is 1. The minimum absolute atomic E-state index is 0.0363. The summed E-state index contributed by atoms with van der Waals surface area (Å²) in [5.74, 6) is -1.07. The molecule has 1 aromatic carbocycles. The van der Waals surface area contributed by atoms with Crippen molar-refractivity contribution in [2.24, 2.45) is 5.92 Å². The zero-order chi connectivity index (χ0) is 16.5. The monoisotopic (exact) mass is 385 g/mol. The lowest BCUT2D eigenvalue weighted by atomic mass is 10.00. The van der Waals surface area contributed by atoms with Crippen LogP contribution in [0.2, 0.25) is 15.1 Å². The van der Waals surface area contributed by atoms with Gasteiger partial charge in [-0.25, -0.2) is 12.7 Å². The van der Waals surface area contributed by atoms with Gasteiger partial charge in [0.2, 0.25) is 10.0 Å². The van der Waals surface area contributed by atoms with Gasteiger partial charge in [-0.2, -0.15) is 0 Å². The molecule has 9 heteroatoms. The van der Waals surface area contributed by atoms with Gasteiger partial charge in [0.05, 0.1) is 22.2 Å². The maximum atomic E-state index is 12.2. The molecule has 0 radical (unpaired) electrons. The lowest BCUT2D eigenvalue weighted by molar-refractivity contribution is -0.140. The third-order valence-electron chi connectivity index (χ3n) is 3.35. The fourth-order valence-corrected chi connectivity index (χ4v) is 4.05. The van der Waals surface area contributed by atoms with E-state index >= 15 is 0 Å². The second-order valence-corrected chi connectivity index (χ2v) is 8.31. The van der Waals surface area contributed by atoms with Crippen LogP contribution in [-0.2, 0) is 14.8 Å². The lowest BCUT2D eigenvalue weighted by Crippen LogP contribution is -2.42. The van der Waals surface area contributed by atoms with E-state index in [1.807, 2.05) is 0 Å². The standard InChI is InChI=1S/C13H14Cl3NO4S/c1-22(19,20)17-4-2-3-8(7-17)13(18)21-12-10(15)5-9(14)6-11(12)16/h5-6,8H,2-4,7H2,1H3. The van der Waals surface area contributed by atoms with Crippen molar-refractivity contribution in [1.29, 1.82) is 0 Å². The van der Waals surface area contributed by atoms with Gasteiger partial charge in [0.15, 0.2) is 5.75 Å². The fourth-order valence-electron chi connectivity index (χ4n) is 2.25. The Hall–Kier alpha value is -0.530. The van der Waals surface area contributed by atoms with Gasteiger partial charge < -0.3 is 4.74 Å². The predicted molar refractivity (Wildman–Crippen MR) is 86.2 cm³/mol. The highest BCUT2D eigenvalue weighted by Gasteiger charge is 2.32. The Morgan fingerprint density at radius 3 is 2.41 bits per heavy atom. The summed E-state index contributed by atoms with van der Waals surface area (Å²) in [4.78, 5) is 12.2. The molecule has 0 aromatic heterocycles. The molecule has 22 heavy (non-hydrogen) atoms. The smallest absolute Gasteiger partial charge is 0.315 e. The average molecular weight is 387 g/mol. The number of halogens is 3. The van der Waals surface area contributed by atoms with Crippen LogP contribution in [0, 0.1) is 5.92 Å². The van der Waals surface area contributed by atoms with Crippen LogP contribution >= 0.6 is 34.8 Å². The van der Waals surface area contributed by atoms with Crippen LogP contribution in [0.25, 0.3) is 0 Å². The number of hydrogen-bond acceptors (Lipinski definition) is 4. The van der Waals surface area contributed by atoms with E-state index in [2.05, 4.69) is 0 Å². The van der Waals surface area contributed by atoms with Gasteiger partial charge in [-0.1, -0.05) is 34.8 Å². The summed E-state index contributed by atoms with van der Waals surface area (Å²) in [7, 11) is -3.33. The molecule has 1 atom stereocenters. The molecule has 0 bridgehead atoms. The van der Waals surface area contributed by atoms with Gasteiger partial charge in [0.1, 0.15) is 0 Å². The maximum Gasteiger partial charge on any atom is 0.315 e. The number of carbonyl (C=O) groups excluding carboxylic acids is 1. The molecule has 5 nitrogen and oxygen atoms in total. The van der Waals surface area contributed by atoms with E-state index in [1.54, 1.807) is 0 Å². The summed E-state index contributed by atoms with van der Waals surface area (Å²) < 4.78 is 29.7. The highest BCUT2D eigenvalue weighted by molar-refractivity contribution is 7.88. The van der Waals surface area contributed by atoms with Gasteiger partial charge >= 0.3 is 5.97 Å². The maximum absolute atomic E-state index is 12.2. The quantitative estimate of drug-likeness (QED) is 0.591. The van der Waals surface area contributed by atoms with E-state index < -0.39 is 21.9 Å². The molecule has 122 valence electrons. The number of rotatable bonds is 3. The molecule has 1 saturated heterocycles. The first-order chi connectivity index (χ1) is 10.2. The van der Waals surface area contributed by atoms with Gasteiger partial charge in [-0.05, 0) is 25.0 Å². The van der Waals surface area contributed by atoms with Gasteiger partial charge in [-0.3, -0.25) is 4.79 Å². The van der Waals surface area contributed by atoms with Crippen molar-refractivity contribution in [3.05, 3.63) is 27.2 Å². The van der Waals surface area contributed by atoms with E-state index in [1.165, 1.54) is 16.4 Å². The summed E-state index contributed by atoms with van der Waals surface area (Å²) in [6.07, 6.45) is 2.26.